The SMILES string of the molecule is O=[N+]([O-])c1cccc(NC(=S)Nc2nn(Cc3ccc(Cl)cc3Cl)cc2Cl)c1. The molecule has 7 nitrogen and oxygen atoms in total. The largest absolute Gasteiger partial charge is 0.332 e. The fourth-order valence-corrected chi connectivity index (χ4v) is 3.23. The fourth-order valence-electron chi connectivity index (χ4n) is 2.35. The molecule has 1 heterocycles. The fraction of sp³-hybridized carbons (Fsp3) is 0.0588. The van der Waals surface area contributed by atoms with Crippen LogP contribution in [0.5, 0.6) is 0 Å². The summed E-state index contributed by atoms with van der Waals surface area (Å²) in [5.74, 6) is 0.342. The summed E-state index contributed by atoms with van der Waals surface area (Å²) < 4.78 is 1.61. The van der Waals surface area contributed by atoms with Gasteiger partial charge in [-0.2, -0.15) is 5.10 Å². The number of nitro groups is 1. The van der Waals surface area contributed by atoms with Gasteiger partial charge in [-0.15, -0.1) is 0 Å². The van der Waals surface area contributed by atoms with Crippen molar-refractivity contribution < 1.29 is 4.92 Å². The maximum Gasteiger partial charge on any atom is 0.271 e. The van der Waals surface area contributed by atoms with Gasteiger partial charge in [0.2, 0.25) is 0 Å². The van der Waals surface area contributed by atoms with Gasteiger partial charge in [-0.25, -0.2) is 0 Å². The first-order valence-electron chi connectivity index (χ1n) is 7.81. The Morgan fingerprint density at radius 1 is 1.14 bits per heavy atom. The van der Waals surface area contributed by atoms with Crippen LogP contribution in [0.1, 0.15) is 5.56 Å². The van der Waals surface area contributed by atoms with E-state index >= 15 is 0 Å². The zero-order chi connectivity index (χ0) is 20.3. The van der Waals surface area contributed by atoms with Gasteiger partial charge in [0.15, 0.2) is 10.9 Å². The summed E-state index contributed by atoms with van der Waals surface area (Å²) in [6.45, 7) is 0.391. The molecule has 0 saturated carbocycles. The third-order valence-electron chi connectivity index (χ3n) is 3.61. The number of aromatic nitrogens is 2. The Morgan fingerprint density at radius 3 is 2.64 bits per heavy atom. The van der Waals surface area contributed by atoms with Crippen LogP contribution in [0.4, 0.5) is 17.2 Å². The zero-order valence-corrected chi connectivity index (χ0v) is 17.1. The second kappa shape index (κ2) is 8.74. The summed E-state index contributed by atoms with van der Waals surface area (Å²) in [5.41, 5.74) is 1.25. The van der Waals surface area contributed by atoms with Crippen molar-refractivity contribution in [3.63, 3.8) is 0 Å². The minimum absolute atomic E-state index is 0.0463. The molecule has 0 spiro atoms. The molecule has 0 amide bonds. The van der Waals surface area contributed by atoms with E-state index in [9.17, 15) is 10.1 Å². The lowest BCUT2D eigenvalue weighted by Crippen LogP contribution is -2.19. The third kappa shape index (κ3) is 5.11. The summed E-state index contributed by atoms with van der Waals surface area (Å²) >= 11 is 23.5. The van der Waals surface area contributed by atoms with Crippen LogP contribution in [-0.2, 0) is 6.54 Å². The van der Waals surface area contributed by atoms with Crippen LogP contribution in [0.2, 0.25) is 15.1 Å². The predicted octanol–water partition coefficient (Wildman–Crippen LogP) is 5.61. The maximum absolute atomic E-state index is 10.9. The van der Waals surface area contributed by atoms with Gasteiger partial charge >= 0.3 is 0 Å². The lowest BCUT2D eigenvalue weighted by atomic mass is 10.2. The van der Waals surface area contributed by atoms with E-state index in [1.165, 1.54) is 12.1 Å². The number of halogens is 3. The van der Waals surface area contributed by atoms with E-state index in [0.29, 0.717) is 33.1 Å². The zero-order valence-electron chi connectivity index (χ0n) is 14.0. The molecule has 11 heteroatoms. The molecule has 0 aliphatic carbocycles. The first-order valence-corrected chi connectivity index (χ1v) is 9.35. The Morgan fingerprint density at radius 2 is 1.93 bits per heavy atom. The van der Waals surface area contributed by atoms with Crippen molar-refractivity contribution in [1.82, 2.24) is 9.78 Å². The summed E-state index contributed by atoms with van der Waals surface area (Å²) in [7, 11) is 0. The molecule has 0 unspecified atom stereocenters. The molecule has 0 aliphatic rings. The molecule has 0 fully saturated rings. The van der Waals surface area contributed by atoms with Crippen LogP contribution < -0.4 is 10.6 Å². The van der Waals surface area contributed by atoms with E-state index in [0.717, 1.165) is 5.56 Å². The number of anilines is 2. The monoisotopic (exact) mass is 455 g/mol. The molecule has 0 radical (unpaired) electrons. The van der Waals surface area contributed by atoms with Crippen molar-refractivity contribution in [2.75, 3.05) is 10.6 Å². The topological polar surface area (TPSA) is 85.0 Å². The number of hydrogen-bond acceptors (Lipinski definition) is 4. The number of nitro benzene ring substituents is 1. The summed E-state index contributed by atoms with van der Waals surface area (Å²) in [6, 6.07) is 11.2. The molecule has 2 aromatic carbocycles. The van der Waals surface area contributed by atoms with E-state index in [1.54, 1.807) is 35.1 Å². The summed E-state index contributed by atoms with van der Waals surface area (Å²) in [4.78, 5) is 10.4. The van der Waals surface area contributed by atoms with Gasteiger partial charge in [0.1, 0.15) is 5.02 Å². The van der Waals surface area contributed by atoms with Gasteiger partial charge in [0, 0.05) is 34.1 Å². The number of benzene rings is 2. The van der Waals surface area contributed by atoms with E-state index in [4.69, 9.17) is 47.0 Å². The van der Waals surface area contributed by atoms with Crippen LogP contribution in [0.15, 0.2) is 48.7 Å². The van der Waals surface area contributed by atoms with E-state index in [1.807, 2.05) is 6.07 Å². The van der Waals surface area contributed by atoms with E-state index in [-0.39, 0.29) is 10.8 Å². The molecule has 0 atom stereocenters. The van der Waals surface area contributed by atoms with Crippen LogP contribution in [0.25, 0.3) is 0 Å². The molecule has 144 valence electrons. The number of non-ortho nitro benzene ring substituents is 1. The number of hydrogen-bond donors (Lipinski definition) is 2. The highest BCUT2D eigenvalue weighted by molar-refractivity contribution is 7.80. The van der Waals surface area contributed by atoms with Gasteiger partial charge in [0.25, 0.3) is 5.69 Å². The van der Waals surface area contributed by atoms with Gasteiger partial charge < -0.3 is 10.6 Å². The molecule has 2 N–H and O–H groups in total. The van der Waals surface area contributed by atoms with Gasteiger partial charge in [-0.1, -0.05) is 46.9 Å². The Balaban J connectivity index is 1.68. The van der Waals surface area contributed by atoms with Crippen LogP contribution in [-0.4, -0.2) is 19.8 Å². The Bertz CT molecular complexity index is 1060. The third-order valence-corrected chi connectivity index (χ3v) is 4.68. The van der Waals surface area contributed by atoms with Crippen molar-refractivity contribution in [3.05, 3.63) is 79.4 Å². The minimum Gasteiger partial charge on any atom is -0.332 e. The Labute approximate surface area is 180 Å². The highest BCUT2D eigenvalue weighted by Crippen LogP contribution is 2.24. The molecular formula is C17H12Cl3N5O2S. The lowest BCUT2D eigenvalue weighted by Gasteiger charge is -2.09. The summed E-state index contributed by atoms with van der Waals surface area (Å²) in [6.07, 6.45) is 1.63. The van der Waals surface area contributed by atoms with Gasteiger partial charge in [0.05, 0.1) is 11.5 Å². The lowest BCUT2D eigenvalue weighted by molar-refractivity contribution is -0.384. The van der Waals surface area contributed by atoms with Gasteiger partial charge in [-0.05, 0) is 36.0 Å². The number of nitrogens with one attached hydrogen (secondary N) is 2. The molecule has 0 bridgehead atoms. The molecular weight excluding hydrogens is 445 g/mol. The highest BCUT2D eigenvalue weighted by atomic mass is 35.5. The average molecular weight is 457 g/mol. The number of nitrogens with zero attached hydrogens (tertiary/aromatic N) is 3. The van der Waals surface area contributed by atoms with E-state index in [2.05, 4.69) is 15.7 Å². The van der Waals surface area contributed by atoms with Crippen LogP contribution in [0, 0.1) is 10.1 Å². The van der Waals surface area contributed by atoms with Crippen LogP contribution in [0.3, 0.4) is 0 Å². The van der Waals surface area contributed by atoms with Crippen molar-refractivity contribution in [2.45, 2.75) is 6.54 Å². The van der Waals surface area contributed by atoms with Crippen LogP contribution >= 0.6 is 47.0 Å². The molecule has 28 heavy (non-hydrogen) atoms. The number of rotatable bonds is 5. The van der Waals surface area contributed by atoms with Crippen molar-refractivity contribution in [1.29, 1.82) is 0 Å². The summed E-state index contributed by atoms with van der Waals surface area (Å²) in [5, 5.41) is 22.5. The smallest absolute Gasteiger partial charge is 0.271 e. The second-order valence-corrected chi connectivity index (χ2v) is 7.30. The molecule has 1 aromatic heterocycles. The second-order valence-electron chi connectivity index (χ2n) is 5.65. The Hall–Kier alpha value is -2.39. The maximum atomic E-state index is 10.9. The minimum atomic E-state index is -0.484. The molecule has 3 aromatic rings. The van der Waals surface area contributed by atoms with Crippen molar-refractivity contribution in [3.8, 4) is 0 Å². The molecule has 0 aliphatic heterocycles. The number of thiocarbonyl (C=S) groups is 1. The van der Waals surface area contributed by atoms with Gasteiger partial charge in [-0.3, -0.25) is 14.8 Å². The first-order chi connectivity index (χ1) is 13.3. The first kappa shape index (κ1) is 20.3. The Kier molecular flexibility index (Phi) is 6.35. The quantitative estimate of drug-likeness (QED) is 0.295. The van der Waals surface area contributed by atoms with E-state index < -0.39 is 4.92 Å². The normalized spacial score (nSPS) is 10.5. The van der Waals surface area contributed by atoms with Crippen molar-refractivity contribution >= 4 is 69.3 Å². The standard InChI is InChI=1S/C17H12Cl3N5O2S/c18-11-5-4-10(14(19)6-11)8-24-9-15(20)16(23-24)22-17(28)21-12-2-1-3-13(7-12)25(26)27/h1-7,9H,8H2,(H2,21,22,23,28). The molecule has 0 saturated heterocycles. The molecule has 3 rings (SSSR count). The predicted molar refractivity (Wildman–Crippen MR) is 116 cm³/mol. The van der Waals surface area contributed by atoms with Crippen molar-refractivity contribution in [2.24, 2.45) is 0 Å². The average Bonchev–Trinajstić information content (AvgIpc) is 2.96. The highest BCUT2D eigenvalue weighted by Gasteiger charge is 2.12.